The van der Waals surface area contributed by atoms with E-state index in [-0.39, 0.29) is 5.57 Å². The number of hydrogen-bond acceptors (Lipinski definition) is 6. The fourth-order valence-electron chi connectivity index (χ4n) is 4.00. The van der Waals surface area contributed by atoms with Gasteiger partial charge in [0.25, 0.3) is 5.91 Å². The highest BCUT2D eigenvalue weighted by molar-refractivity contribution is 7.22. The monoisotopic (exact) mass is 456 g/mol. The van der Waals surface area contributed by atoms with Gasteiger partial charge in [-0.15, -0.1) is 0 Å². The molecule has 1 amide bonds. The molecule has 1 N–H and O–H groups in total. The van der Waals surface area contributed by atoms with Crippen molar-refractivity contribution in [2.24, 2.45) is 0 Å². The van der Waals surface area contributed by atoms with Gasteiger partial charge in [0.05, 0.1) is 28.9 Å². The molecule has 4 aromatic rings. The molecule has 1 unspecified atom stereocenters. The van der Waals surface area contributed by atoms with Gasteiger partial charge in [0.2, 0.25) is 0 Å². The number of nitrogens with zero attached hydrogens (tertiary/aromatic N) is 2. The second kappa shape index (κ2) is 8.18. The van der Waals surface area contributed by atoms with Crippen LogP contribution in [0.5, 0.6) is 5.75 Å². The van der Waals surface area contributed by atoms with Crippen molar-refractivity contribution in [3.8, 4) is 5.75 Å². The summed E-state index contributed by atoms with van der Waals surface area (Å²) < 4.78 is 6.19. The molecule has 1 aromatic heterocycles. The highest BCUT2D eigenvalue weighted by Crippen LogP contribution is 2.44. The van der Waals surface area contributed by atoms with Crippen LogP contribution in [0, 0.1) is 6.92 Å². The molecule has 0 aliphatic carbocycles. The van der Waals surface area contributed by atoms with Gasteiger partial charge in [-0.05, 0) is 42.3 Å². The summed E-state index contributed by atoms with van der Waals surface area (Å²) in [5.74, 6) is -0.957. The van der Waals surface area contributed by atoms with Crippen molar-refractivity contribution in [1.29, 1.82) is 0 Å². The predicted molar refractivity (Wildman–Crippen MR) is 128 cm³/mol. The van der Waals surface area contributed by atoms with Crippen molar-refractivity contribution >= 4 is 38.4 Å². The maximum Gasteiger partial charge on any atom is 0.296 e. The van der Waals surface area contributed by atoms with Crippen molar-refractivity contribution in [1.82, 2.24) is 4.98 Å². The number of anilines is 1. The lowest BCUT2D eigenvalue weighted by atomic mass is 9.93. The molecule has 33 heavy (non-hydrogen) atoms. The normalized spacial score (nSPS) is 16.0. The van der Waals surface area contributed by atoms with Gasteiger partial charge >= 0.3 is 0 Å². The predicted octanol–water partition coefficient (Wildman–Crippen LogP) is 5.40. The maximum absolute atomic E-state index is 13.5. The smallest absolute Gasteiger partial charge is 0.296 e. The number of aromatic nitrogens is 1. The van der Waals surface area contributed by atoms with E-state index in [1.165, 1.54) is 16.2 Å². The Morgan fingerprint density at radius 1 is 1.06 bits per heavy atom. The van der Waals surface area contributed by atoms with Crippen LogP contribution in [0.3, 0.4) is 0 Å². The number of ether oxygens (including phenoxy) is 1. The fourth-order valence-corrected chi connectivity index (χ4v) is 5.09. The summed E-state index contributed by atoms with van der Waals surface area (Å²) in [6.07, 6.45) is 0. The van der Waals surface area contributed by atoms with Gasteiger partial charge in [-0.25, -0.2) is 4.98 Å². The number of carbonyl (C=O) groups is 2. The Morgan fingerprint density at radius 3 is 2.48 bits per heavy atom. The van der Waals surface area contributed by atoms with Crippen LogP contribution in [0.1, 0.15) is 27.5 Å². The van der Waals surface area contributed by atoms with Crippen LogP contribution in [0.25, 0.3) is 10.2 Å². The Labute approximate surface area is 194 Å². The van der Waals surface area contributed by atoms with Crippen molar-refractivity contribution in [3.05, 3.63) is 101 Å². The van der Waals surface area contributed by atoms with E-state index in [9.17, 15) is 14.7 Å². The summed E-state index contributed by atoms with van der Waals surface area (Å²) in [6, 6.07) is 20.8. The summed E-state index contributed by atoms with van der Waals surface area (Å²) in [7, 11) is 1.57. The molecule has 1 atom stereocenters. The number of hydrogen-bond donors (Lipinski definition) is 1. The van der Waals surface area contributed by atoms with Gasteiger partial charge in [-0.1, -0.05) is 59.9 Å². The Bertz CT molecular complexity index is 1410. The molecule has 0 spiro atoms. The number of thiazole rings is 1. The van der Waals surface area contributed by atoms with E-state index in [0.29, 0.717) is 22.0 Å². The van der Waals surface area contributed by atoms with E-state index in [2.05, 4.69) is 4.98 Å². The number of aryl methyl sites for hydroxylation is 1. The third kappa shape index (κ3) is 3.56. The van der Waals surface area contributed by atoms with E-state index in [4.69, 9.17) is 4.74 Å². The minimum Gasteiger partial charge on any atom is -0.503 e. The summed E-state index contributed by atoms with van der Waals surface area (Å²) in [4.78, 5) is 32.8. The second-order valence-corrected chi connectivity index (χ2v) is 8.79. The molecule has 1 aliphatic heterocycles. The van der Waals surface area contributed by atoms with Crippen molar-refractivity contribution < 1.29 is 19.4 Å². The molecule has 0 bridgehead atoms. The van der Waals surface area contributed by atoms with Crippen LogP contribution < -0.4 is 9.64 Å². The molecule has 2 heterocycles. The number of amides is 1. The molecule has 3 aromatic carbocycles. The number of aliphatic hydroxyl groups is 1. The van der Waals surface area contributed by atoms with E-state index < -0.39 is 23.5 Å². The third-order valence-corrected chi connectivity index (χ3v) is 6.68. The molecule has 164 valence electrons. The number of ketones is 1. The molecule has 7 heteroatoms. The minimum absolute atomic E-state index is 0.0341. The number of aliphatic hydroxyl groups excluding tert-OH is 1. The zero-order valence-electron chi connectivity index (χ0n) is 18.0. The van der Waals surface area contributed by atoms with Crippen LogP contribution in [0.4, 0.5) is 5.13 Å². The van der Waals surface area contributed by atoms with Crippen LogP contribution in [0.2, 0.25) is 0 Å². The summed E-state index contributed by atoms with van der Waals surface area (Å²) in [5, 5.41) is 11.3. The van der Waals surface area contributed by atoms with E-state index in [1.807, 2.05) is 25.1 Å². The number of Topliss-reactive ketones (excluding diaryl/α,β-unsaturated/α-hetero) is 1. The first-order valence-corrected chi connectivity index (χ1v) is 11.2. The van der Waals surface area contributed by atoms with Crippen molar-refractivity contribution in [3.63, 3.8) is 0 Å². The Hall–Kier alpha value is -3.97. The second-order valence-electron chi connectivity index (χ2n) is 7.78. The van der Waals surface area contributed by atoms with Gasteiger partial charge in [-0.2, -0.15) is 0 Å². The Morgan fingerprint density at radius 2 is 1.79 bits per heavy atom. The molecular weight excluding hydrogens is 436 g/mol. The molecule has 0 fully saturated rings. The highest BCUT2D eigenvalue weighted by Gasteiger charge is 2.45. The minimum atomic E-state index is -0.822. The van der Waals surface area contributed by atoms with Gasteiger partial charge in [-0.3, -0.25) is 14.5 Å². The molecule has 6 nitrogen and oxygen atoms in total. The SMILES string of the molecule is COc1ccc(C2C(C(=O)c3ccccc3)=C(O)C(=O)N2c2nc3ccc(C)cc3s2)cc1. The van der Waals surface area contributed by atoms with Crippen LogP contribution in [0.15, 0.2) is 84.1 Å². The molecule has 5 rings (SSSR count). The lowest BCUT2D eigenvalue weighted by molar-refractivity contribution is -0.117. The molecule has 1 aliphatic rings. The number of fused-ring (bicyclic) bond motifs is 1. The van der Waals surface area contributed by atoms with Gasteiger partial charge in [0.15, 0.2) is 16.7 Å². The van der Waals surface area contributed by atoms with E-state index in [1.54, 1.807) is 61.7 Å². The average molecular weight is 457 g/mol. The standard InChI is InChI=1S/C26H20N2O4S/c1-15-8-13-19-20(14-15)33-26(27-19)28-22(16-9-11-18(32-2)12-10-16)21(24(30)25(28)31)23(29)17-6-4-3-5-7-17/h3-14,22,30H,1-2H3. The number of carbonyl (C=O) groups excluding carboxylic acids is 2. The molecule has 0 saturated heterocycles. The largest absolute Gasteiger partial charge is 0.503 e. The van der Waals surface area contributed by atoms with E-state index >= 15 is 0 Å². The summed E-state index contributed by atoms with van der Waals surface area (Å²) in [5.41, 5.74) is 2.93. The zero-order chi connectivity index (χ0) is 23.1. The summed E-state index contributed by atoms with van der Waals surface area (Å²) >= 11 is 1.35. The first kappa shape index (κ1) is 20.9. The molecule has 0 radical (unpaired) electrons. The first-order chi connectivity index (χ1) is 16.0. The lowest BCUT2D eigenvalue weighted by Gasteiger charge is -2.24. The fraction of sp³-hybridized carbons (Fsp3) is 0.115. The highest BCUT2D eigenvalue weighted by atomic mass is 32.1. The average Bonchev–Trinajstić information content (AvgIpc) is 3.37. The Balaban J connectivity index is 1.67. The first-order valence-electron chi connectivity index (χ1n) is 10.4. The van der Waals surface area contributed by atoms with Gasteiger partial charge < -0.3 is 9.84 Å². The molecular formula is C26H20N2O4S. The van der Waals surface area contributed by atoms with Crippen LogP contribution >= 0.6 is 11.3 Å². The topological polar surface area (TPSA) is 79.7 Å². The number of rotatable bonds is 5. The van der Waals surface area contributed by atoms with E-state index in [0.717, 1.165) is 15.8 Å². The number of methoxy groups -OCH3 is 1. The number of benzene rings is 3. The summed E-state index contributed by atoms with van der Waals surface area (Å²) in [6.45, 7) is 1.99. The van der Waals surface area contributed by atoms with Crippen LogP contribution in [-0.4, -0.2) is 28.9 Å². The quantitative estimate of drug-likeness (QED) is 0.407. The van der Waals surface area contributed by atoms with Gasteiger partial charge in [0.1, 0.15) is 5.75 Å². The van der Waals surface area contributed by atoms with Crippen LogP contribution in [-0.2, 0) is 4.79 Å². The molecule has 0 saturated carbocycles. The lowest BCUT2D eigenvalue weighted by Crippen LogP contribution is -2.30. The van der Waals surface area contributed by atoms with Crippen molar-refractivity contribution in [2.45, 2.75) is 13.0 Å². The zero-order valence-corrected chi connectivity index (χ0v) is 18.8. The Kier molecular flexibility index (Phi) is 5.18. The van der Waals surface area contributed by atoms with Gasteiger partial charge in [0, 0.05) is 5.56 Å². The van der Waals surface area contributed by atoms with Crippen molar-refractivity contribution in [2.75, 3.05) is 12.0 Å². The third-order valence-electron chi connectivity index (χ3n) is 5.66. The maximum atomic E-state index is 13.5.